The van der Waals surface area contributed by atoms with Crippen LogP contribution in [0.2, 0.25) is 0 Å². The standard InChI is InChI=1S/C42H49N7O5/c1-23(2)33(47-39(51)54-6)38(50)48-19-7-8-32(48)36-43-22-31(45-36)25-11-9-24(10-12-25)26-13-15-29-27(20-26)14-16-30-34(29)46-37(44-30)35-42(41(3,4)5)18-17-28(21-42)49(35)40(52)53/h9-16,20,22-23,28,32-33,35H,7-8,17-19,21H2,1-6H3,(H,43,45)(H,44,46)(H,47,51)(H,52,53)/t28-,32+,33+,35-,42?/m1/s1. The van der Waals surface area contributed by atoms with Crippen LogP contribution in [0.1, 0.15) is 90.5 Å². The van der Waals surface area contributed by atoms with Gasteiger partial charge in [0.15, 0.2) is 0 Å². The molecule has 2 bridgehead atoms. The molecule has 2 aromatic heterocycles. The number of carbonyl (C=O) groups is 3. The molecule has 3 fully saturated rings. The Balaban J connectivity index is 1.03. The average molecular weight is 732 g/mol. The van der Waals surface area contributed by atoms with E-state index in [4.69, 9.17) is 14.7 Å². The number of aromatic nitrogens is 4. The fraction of sp³-hybridized carbons (Fsp3) is 0.452. The second-order valence-electron chi connectivity index (χ2n) is 16.7. The summed E-state index contributed by atoms with van der Waals surface area (Å²) in [6.45, 7) is 11.1. The number of hydrogen-bond acceptors (Lipinski definition) is 6. The van der Waals surface area contributed by atoms with E-state index < -0.39 is 18.2 Å². The third-order valence-electron chi connectivity index (χ3n) is 12.5. The van der Waals surface area contributed by atoms with Gasteiger partial charge in [-0.1, -0.05) is 77.1 Å². The lowest BCUT2D eigenvalue weighted by Crippen LogP contribution is -2.51. The van der Waals surface area contributed by atoms with Crippen molar-refractivity contribution >= 4 is 39.9 Å². The highest BCUT2D eigenvalue weighted by Crippen LogP contribution is 2.66. The number of amides is 3. The maximum absolute atomic E-state index is 13.6. The fourth-order valence-corrected chi connectivity index (χ4v) is 9.58. The van der Waals surface area contributed by atoms with Crippen LogP contribution in [0.5, 0.6) is 0 Å². The fourth-order valence-electron chi connectivity index (χ4n) is 9.58. The van der Waals surface area contributed by atoms with Crippen LogP contribution in [0.3, 0.4) is 0 Å². The molecule has 2 aliphatic heterocycles. The van der Waals surface area contributed by atoms with Gasteiger partial charge in [0.1, 0.15) is 17.7 Å². The van der Waals surface area contributed by atoms with Crippen molar-refractivity contribution in [1.29, 1.82) is 0 Å². The molecule has 2 saturated heterocycles. The number of benzene rings is 3. The lowest BCUT2D eigenvalue weighted by molar-refractivity contribution is -0.135. The Morgan fingerprint density at radius 1 is 0.981 bits per heavy atom. The number of aromatic amines is 2. The van der Waals surface area contributed by atoms with Gasteiger partial charge in [-0.2, -0.15) is 0 Å². The van der Waals surface area contributed by atoms with Crippen molar-refractivity contribution in [3.05, 3.63) is 72.4 Å². The largest absolute Gasteiger partial charge is 0.465 e. The smallest absolute Gasteiger partial charge is 0.408 e. The number of imidazole rings is 2. The Morgan fingerprint density at radius 2 is 1.72 bits per heavy atom. The van der Waals surface area contributed by atoms with Crippen LogP contribution >= 0.6 is 0 Å². The molecule has 1 unspecified atom stereocenters. The van der Waals surface area contributed by atoms with Gasteiger partial charge in [-0.05, 0) is 77.6 Å². The number of methoxy groups -OCH3 is 1. The Morgan fingerprint density at radius 3 is 2.43 bits per heavy atom. The first kappa shape index (κ1) is 35.6. The number of carboxylic acid groups (broad SMARTS) is 1. The average Bonchev–Trinajstić information content (AvgIpc) is 3.99. The molecule has 12 nitrogen and oxygen atoms in total. The number of nitrogens with one attached hydrogen (secondary N) is 3. The molecule has 12 heteroatoms. The number of likely N-dealkylation sites (tertiary alicyclic amines) is 2. The third kappa shape index (κ3) is 5.77. The van der Waals surface area contributed by atoms with Crippen molar-refractivity contribution in [3.8, 4) is 22.4 Å². The topological polar surface area (TPSA) is 157 Å². The Labute approximate surface area is 314 Å². The van der Waals surface area contributed by atoms with Gasteiger partial charge in [0.25, 0.3) is 0 Å². The summed E-state index contributed by atoms with van der Waals surface area (Å²) in [5.41, 5.74) is 5.51. The SMILES string of the molecule is COC(=O)N[C@H](C(=O)N1CCC[C@H]1c1ncc(-c2ccc(-c3ccc4c(ccc5[nH]c([C@H]6N(C(=O)O)[C@@H]7CCC6(C(C)(C)C)C7)nc54)c3)cc2)[nH]1)C(C)C. The van der Waals surface area contributed by atoms with Crippen molar-refractivity contribution in [1.82, 2.24) is 35.1 Å². The summed E-state index contributed by atoms with van der Waals surface area (Å²) in [5, 5.41) is 15.1. The highest BCUT2D eigenvalue weighted by molar-refractivity contribution is 6.05. The van der Waals surface area contributed by atoms with Crippen LogP contribution in [0.4, 0.5) is 9.59 Å². The Hall–Kier alpha value is -5.39. The Bertz CT molecular complexity index is 2250. The highest BCUT2D eigenvalue weighted by Gasteiger charge is 2.64. The molecule has 4 heterocycles. The van der Waals surface area contributed by atoms with Crippen molar-refractivity contribution in [2.45, 2.75) is 90.9 Å². The van der Waals surface area contributed by atoms with Gasteiger partial charge in [0, 0.05) is 23.4 Å². The second-order valence-corrected chi connectivity index (χ2v) is 16.7. The number of H-pyrrole nitrogens is 2. The number of ether oxygens (including phenoxy) is 1. The zero-order valence-corrected chi connectivity index (χ0v) is 31.8. The molecule has 3 aliphatic rings. The summed E-state index contributed by atoms with van der Waals surface area (Å²) in [4.78, 5) is 58.4. The van der Waals surface area contributed by atoms with E-state index in [0.717, 1.165) is 87.9 Å². The molecule has 0 spiro atoms. The highest BCUT2D eigenvalue weighted by atomic mass is 16.5. The molecule has 1 aliphatic carbocycles. The minimum absolute atomic E-state index is 0.0233. The van der Waals surface area contributed by atoms with E-state index in [0.29, 0.717) is 6.54 Å². The number of nitrogens with zero attached hydrogens (tertiary/aromatic N) is 4. The van der Waals surface area contributed by atoms with Gasteiger partial charge >= 0.3 is 12.2 Å². The normalized spacial score (nSPS) is 23.1. The number of piperidine rings is 1. The molecule has 4 N–H and O–H groups in total. The van der Waals surface area contributed by atoms with E-state index >= 15 is 0 Å². The van der Waals surface area contributed by atoms with Gasteiger partial charge in [0.05, 0.1) is 42.1 Å². The first-order chi connectivity index (χ1) is 25.8. The lowest BCUT2D eigenvalue weighted by atomic mass is 9.61. The minimum atomic E-state index is -0.872. The molecular formula is C42H49N7O5. The number of hydrogen-bond donors (Lipinski definition) is 4. The molecule has 3 aromatic carbocycles. The number of carbonyl (C=O) groups excluding carboxylic acids is 2. The van der Waals surface area contributed by atoms with Gasteiger partial charge in [-0.3, -0.25) is 9.69 Å². The quantitative estimate of drug-likeness (QED) is 0.131. The molecule has 54 heavy (non-hydrogen) atoms. The van der Waals surface area contributed by atoms with Gasteiger partial charge in [0.2, 0.25) is 5.91 Å². The van der Waals surface area contributed by atoms with Crippen molar-refractivity contribution in [3.63, 3.8) is 0 Å². The van der Waals surface area contributed by atoms with E-state index in [9.17, 15) is 19.5 Å². The zero-order chi connectivity index (χ0) is 38.1. The summed E-state index contributed by atoms with van der Waals surface area (Å²) in [7, 11) is 1.29. The van der Waals surface area contributed by atoms with Crippen molar-refractivity contribution in [2.24, 2.45) is 16.7 Å². The van der Waals surface area contributed by atoms with Crippen LogP contribution in [0.25, 0.3) is 44.2 Å². The summed E-state index contributed by atoms with van der Waals surface area (Å²) in [6.07, 6.45) is 4.72. The zero-order valence-electron chi connectivity index (χ0n) is 31.8. The van der Waals surface area contributed by atoms with Gasteiger partial charge in [-0.25, -0.2) is 19.6 Å². The van der Waals surface area contributed by atoms with Gasteiger partial charge < -0.3 is 30.0 Å². The Kier molecular flexibility index (Phi) is 8.69. The molecule has 8 rings (SSSR count). The summed E-state index contributed by atoms with van der Waals surface area (Å²) in [6, 6.07) is 17.7. The number of rotatable bonds is 7. The van der Waals surface area contributed by atoms with Crippen LogP contribution in [0, 0.1) is 16.7 Å². The minimum Gasteiger partial charge on any atom is -0.465 e. The predicted molar refractivity (Wildman–Crippen MR) is 207 cm³/mol. The molecular weight excluding hydrogens is 683 g/mol. The molecule has 5 aromatic rings. The third-order valence-corrected chi connectivity index (χ3v) is 12.5. The van der Waals surface area contributed by atoms with Crippen LogP contribution in [-0.2, 0) is 9.53 Å². The summed E-state index contributed by atoms with van der Waals surface area (Å²) >= 11 is 0. The van der Waals surface area contributed by atoms with E-state index in [-0.39, 0.29) is 40.8 Å². The monoisotopic (exact) mass is 731 g/mol. The summed E-state index contributed by atoms with van der Waals surface area (Å²) in [5.74, 6) is 1.23. The predicted octanol–water partition coefficient (Wildman–Crippen LogP) is 8.44. The molecule has 1 saturated carbocycles. The van der Waals surface area contributed by atoms with E-state index in [1.165, 1.54) is 7.11 Å². The van der Waals surface area contributed by atoms with Crippen molar-refractivity contribution < 1.29 is 24.2 Å². The number of alkyl carbamates (subject to hydrolysis) is 1. The van der Waals surface area contributed by atoms with Crippen LogP contribution < -0.4 is 5.32 Å². The lowest BCUT2D eigenvalue weighted by Gasteiger charge is -2.47. The number of fused-ring (bicyclic) bond motifs is 5. The maximum atomic E-state index is 13.6. The van der Waals surface area contributed by atoms with Gasteiger partial charge in [-0.15, -0.1) is 0 Å². The first-order valence-electron chi connectivity index (χ1n) is 19.0. The molecule has 3 amide bonds. The van der Waals surface area contributed by atoms with Crippen molar-refractivity contribution in [2.75, 3.05) is 13.7 Å². The van der Waals surface area contributed by atoms with E-state index in [2.05, 4.69) is 90.7 Å². The maximum Gasteiger partial charge on any atom is 0.408 e. The molecule has 282 valence electrons. The summed E-state index contributed by atoms with van der Waals surface area (Å²) < 4.78 is 4.76. The second kappa shape index (κ2) is 13.2. The van der Waals surface area contributed by atoms with E-state index in [1.54, 1.807) is 4.90 Å². The van der Waals surface area contributed by atoms with Crippen LogP contribution in [-0.4, -0.2) is 78.7 Å². The first-order valence-corrected chi connectivity index (χ1v) is 19.0. The van der Waals surface area contributed by atoms with E-state index in [1.807, 2.05) is 24.9 Å². The molecule has 5 atom stereocenters. The molecule has 0 radical (unpaired) electrons. The van der Waals surface area contributed by atoms with Crippen LogP contribution in [0.15, 0.2) is 60.8 Å².